The number of amides is 1. The number of nitrogens with zero attached hydrogens (tertiary/aromatic N) is 3. The monoisotopic (exact) mass is 384 g/mol. The van der Waals surface area contributed by atoms with Gasteiger partial charge in [-0.15, -0.1) is 21.5 Å². The average Bonchev–Trinajstić information content (AvgIpc) is 3.20. The normalized spacial score (nSPS) is 15.0. The third-order valence-corrected chi connectivity index (χ3v) is 6.19. The molecule has 0 saturated heterocycles. The van der Waals surface area contributed by atoms with Gasteiger partial charge >= 0.3 is 0 Å². The molecule has 0 bridgehead atoms. The highest BCUT2D eigenvalue weighted by Crippen LogP contribution is 2.40. The number of thiophene rings is 1. The fourth-order valence-corrected chi connectivity index (χ4v) is 4.39. The lowest BCUT2D eigenvalue weighted by atomic mass is 10.3. The molecule has 0 radical (unpaired) electrons. The molecule has 0 spiro atoms. The van der Waals surface area contributed by atoms with E-state index in [1.807, 2.05) is 37.3 Å². The zero-order valence-electron chi connectivity index (χ0n) is 14.5. The number of hydrogen-bond donors (Lipinski definition) is 1. The van der Waals surface area contributed by atoms with Crippen LogP contribution in [0.5, 0.6) is 0 Å². The summed E-state index contributed by atoms with van der Waals surface area (Å²) >= 11 is 3.22. The maximum absolute atomic E-state index is 12.5. The molecule has 1 aliphatic rings. The van der Waals surface area contributed by atoms with E-state index in [9.17, 15) is 4.79 Å². The predicted octanol–water partition coefficient (Wildman–Crippen LogP) is 4.38. The van der Waals surface area contributed by atoms with Crippen LogP contribution in [0.3, 0.4) is 0 Å². The summed E-state index contributed by atoms with van der Waals surface area (Å²) in [6, 6.07) is 14.2. The number of para-hydroxylation sites is 1. The molecule has 1 N–H and O–H groups in total. The molecule has 7 heteroatoms. The zero-order chi connectivity index (χ0) is 17.9. The van der Waals surface area contributed by atoms with Crippen LogP contribution in [0.15, 0.2) is 53.0 Å². The van der Waals surface area contributed by atoms with E-state index < -0.39 is 0 Å². The molecule has 0 aliphatic heterocycles. The van der Waals surface area contributed by atoms with Gasteiger partial charge in [-0.2, -0.15) is 0 Å². The van der Waals surface area contributed by atoms with Crippen molar-refractivity contribution in [1.82, 2.24) is 14.8 Å². The van der Waals surface area contributed by atoms with E-state index in [1.54, 1.807) is 11.3 Å². The summed E-state index contributed by atoms with van der Waals surface area (Å²) in [5, 5.41) is 14.4. The highest BCUT2D eigenvalue weighted by Gasteiger charge is 2.31. The molecule has 2 aromatic heterocycles. The van der Waals surface area contributed by atoms with Gasteiger partial charge in [0.2, 0.25) is 5.91 Å². The standard InChI is InChI=1S/C19H20N4OS2/c1-13(18(24)20-14-6-3-2-4-7-14)26-19-22-21-17(23(19)15-9-10-15)12-16-8-5-11-25-16/h2-8,11,13,15H,9-10,12H2,1H3,(H,20,24). The molecule has 5 nitrogen and oxygen atoms in total. The lowest BCUT2D eigenvalue weighted by Gasteiger charge is -2.13. The van der Waals surface area contributed by atoms with Crippen molar-refractivity contribution in [1.29, 1.82) is 0 Å². The Balaban J connectivity index is 1.47. The Hall–Kier alpha value is -2.12. The lowest BCUT2D eigenvalue weighted by molar-refractivity contribution is -0.115. The smallest absolute Gasteiger partial charge is 0.237 e. The molecular formula is C19H20N4OS2. The van der Waals surface area contributed by atoms with Gasteiger partial charge in [0, 0.05) is 23.0 Å². The number of nitrogens with one attached hydrogen (secondary N) is 1. The van der Waals surface area contributed by atoms with Gasteiger partial charge in [-0.1, -0.05) is 36.0 Å². The van der Waals surface area contributed by atoms with Crippen LogP contribution in [-0.4, -0.2) is 25.9 Å². The van der Waals surface area contributed by atoms with Crippen LogP contribution in [0.4, 0.5) is 5.69 Å². The molecule has 1 atom stereocenters. The minimum atomic E-state index is -0.244. The molecule has 3 aromatic rings. The second-order valence-corrected chi connectivity index (χ2v) is 8.71. The number of anilines is 1. The van der Waals surface area contributed by atoms with E-state index in [2.05, 4.69) is 37.6 Å². The first-order valence-corrected chi connectivity index (χ1v) is 10.5. The van der Waals surface area contributed by atoms with Gasteiger partial charge in [-0.3, -0.25) is 4.79 Å². The molecule has 1 unspecified atom stereocenters. The highest BCUT2D eigenvalue weighted by molar-refractivity contribution is 8.00. The van der Waals surface area contributed by atoms with Crippen LogP contribution < -0.4 is 5.32 Å². The van der Waals surface area contributed by atoms with Crippen molar-refractivity contribution in [3.63, 3.8) is 0 Å². The first-order valence-electron chi connectivity index (χ1n) is 8.69. The number of thioether (sulfide) groups is 1. The zero-order valence-corrected chi connectivity index (χ0v) is 16.1. The van der Waals surface area contributed by atoms with E-state index in [1.165, 1.54) is 16.6 Å². The third-order valence-electron chi connectivity index (χ3n) is 4.25. The van der Waals surface area contributed by atoms with Crippen molar-refractivity contribution in [2.24, 2.45) is 0 Å². The molecule has 1 fully saturated rings. The quantitative estimate of drug-likeness (QED) is 0.614. The minimum absolute atomic E-state index is 0.0219. The van der Waals surface area contributed by atoms with Gasteiger partial charge in [0.05, 0.1) is 5.25 Å². The molecule has 2 heterocycles. The summed E-state index contributed by atoms with van der Waals surface area (Å²) in [6.07, 6.45) is 3.12. The van der Waals surface area contributed by atoms with Crippen molar-refractivity contribution in [2.75, 3.05) is 5.32 Å². The van der Waals surface area contributed by atoms with Crippen LogP contribution >= 0.6 is 23.1 Å². The van der Waals surface area contributed by atoms with Gasteiger partial charge in [0.15, 0.2) is 5.16 Å². The first-order chi connectivity index (χ1) is 12.7. The summed E-state index contributed by atoms with van der Waals surface area (Å²) in [5.41, 5.74) is 0.812. The molecule has 1 aliphatic carbocycles. The van der Waals surface area contributed by atoms with E-state index >= 15 is 0 Å². The molecule has 4 rings (SSSR count). The highest BCUT2D eigenvalue weighted by atomic mass is 32.2. The minimum Gasteiger partial charge on any atom is -0.325 e. The average molecular weight is 385 g/mol. The molecule has 1 saturated carbocycles. The molecule has 134 valence electrons. The van der Waals surface area contributed by atoms with E-state index in [4.69, 9.17) is 0 Å². The number of carbonyl (C=O) groups is 1. The molecule has 1 aromatic carbocycles. The van der Waals surface area contributed by atoms with Crippen molar-refractivity contribution >= 4 is 34.7 Å². The second kappa shape index (κ2) is 7.63. The maximum Gasteiger partial charge on any atom is 0.237 e. The number of hydrogen-bond acceptors (Lipinski definition) is 5. The van der Waals surface area contributed by atoms with Crippen LogP contribution in [0, 0.1) is 0 Å². The number of benzene rings is 1. The predicted molar refractivity (Wildman–Crippen MR) is 106 cm³/mol. The summed E-state index contributed by atoms with van der Waals surface area (Å²) in [7, 11) is 0. The maximum atomic E-state index is 12.5. The first kappa shape index (κ1) is 17.3. The lowest BCUT2D eigenvalue weighted by Crippen LogP contribution is -2.23. The van der Waals surface area contributed by atoms with Crippen molar-refractivity contribution in [2.45, 2.75) is 42.6 Å². The van der Waals surface area contributed by atoms with Gasteiger partial charge in [0.25, 0.3) is 0 Å². The topological polar surface area (TPSA) is 59.8 Å². The van der Waals surface area contributed by atoms with Gasteiger partial charge in [-0.05, 0) is 43.3 Å². The second-order valence-electron chi connectivity index (χ2n) is 6.37. The van der Waals surface area contributed by atoms with Gasteiger partial charge in [0.1, 0.15) is 5.82 Å². The Morgan fingerprint density at radius 1 is 1.27 bits per heavy atom. The third kappa shape index (κ3) is 3.99. The SMILES string of the molecule is CC(Sc1nnc(Cc2cccs2)n1C1CC1)C(=O)Nc1ccccc1. The van der Waals surface area contributed by atoms with E-state index in [0.717, 1.165) is 35.9 Å². The Morgan fingerprint density at radius 3 is 2.77 bits per heavy atom. The summed E-state index contributed by atoms with van der Waals surface area (Å²) < 4.78 is 2.23. The van der Waals surface area contributed by atoms with Crippen LogP contribution in [-0.2, 0) is 11.2 Å². The van der Waals surface area contributed by atoms with Crippen LogP contribution in [0.2, 0.25) is 0 Å². The Labute approximate surface area is 160 Å². The number of aromatic nitrogens is 3. The fraction of sp³-hybridized carbons (Fsp3) is 0.316. The van der Waals surface area contributed by atoms with E-state index in [0.29, 0.717) is 6.04 Å². The van der Waals surface area contributed by atoms with Gasteiger partial charge < -0.3 is 9.88 Å². The largest absolute Gasteiger partial charge is 0.325 e. The van der Waals surface area contributed by atoms with Crippen molar-refractivity contribution in [3.05, 3.63) is 58.5 Å². The van der Waals surface area contributed by atoms with E-state index in [-0.39, 0.29) is 11.2 Å². The Kier molecular flexibility index (Phi) is 5.08. The molecule has 1 amide bonds. The molecule has 26 heavy (non-hydrogen) atoms. The summed E-state index contributed by atoms with van der Waals surface area (Å²) in [5.74, 6) is 0.972. The summed E-state index contributed by atoms with van der Waals surface area (Å²) in [6.45, 7) is 1.91. The fourth-order valence-electron chi connectivity index (χ4n) is 2.75. The van der Waals surface area contributed by atoms with Crippen molar-refractivity contribution < 1.29 is 4.79 Å². The van der Waals surface area contributed by atoms with Crippen LogP contribution in [0.25, 0.3) is 0 Å². The van der Waals surface area contributed by atoms with Gasteiger partial charge in [-0.25, -0.2) is 0 Å². The van der Waals surface area contributed by atoms with Crippen molar-refractivity contribution in [3.8, 4) is 0 Å². The summed E-state index contributed by atoms with van der Waals surface area (Å²) in [4.78, 5) is 13.8. The van der Waals surface area contributed by atoms with Crippen LogP contribution in [0.1, 0.15) is 36.5 Å². The molecular weight excluding hydrogens is 364 g/mol. The number of carbonyl (C=O) groups excluding carboxylic acids is 1. The Morgan fingerprint density at radius 2 is 2.08 bits per heavy atom. The number of rotatable bonds is 7. The Bertz CT molecular complexity index is 872.